The molecule has 0 aliphatic carbocycles. The van der Waals surface area contributed by atoms with E-state index < -0.39 is 0 Å². The molecule has 0 saturated heterocycles. The second kappa shape index (κ2) is 13.0. The molecule has 0 bridgehead atoms. The molecule has 8 aromatic rings. The first-order valence-corrected chi connectivity index (χ1v) is 16.3. The lowest BCUT2D eigenvalue weighted by Gasteiger charge is -2.12. The maximum Gasteiger partial charge on any atom is 0.237 e. The molecule has 8 heteroatoms. The van der Waals surface area contributed by atoms with E-state index in [4.69, 9.17) is 9.47 Å². The quantitative estimate of drug-likeness (QED) is 0.155. The molecule has 8 rings (SSSR count). The van der Waals surface area contributed by atoms with Crippen molar-refractivity contribution in [2.45, 2.75) is 26.7 Å². The van der Waals surface area contributed by atoms with Gasteiger partial charge in [-0.05, 0) is 84.6 Å². The molecule has 0 amide bonds. The van der Waals surface area contributed by atoms with Gasteiger partial charge in [-0.1, -0.05) is 50.2 Å². The normalized spacial score (nSPS) is 11.2. The fourth-order valence-electron chi connectivity index (χ4n) is 6.39. The minimum atomic E-state index is 0.516. The van der Waals surface area contributed by atoms with E-state index in [-0.39, 0.29) is 0 Å². The third-order valence-electron chi connectivity index (χ3n) is 8.58. The highest BCUT2D eigenvalue weighted by atomic mass is 16.5. The zero-order valence-corrected chi connectivity index (χ0v) is 27.1. The highest BCUT2D eigenvalue weighted by Crippen LogP contribution is 2.42. The van der Waals surface area contributed by atoms with Crippen LogP contribution in [-0.2, 0) is 12.8 Å². The minimum Gasteiger partial charge on any atom is -0.457 e. The summed E-state index contributed by atoms with van der Waals surface area (Å²) < 4.78 is 15.2. The van der Waals surface area contributed by atoms with Crippen LogP contribution in [0.5, 0.6) is 23.0 Å². The van der Waals surface area contributed by atoms with Crippen molar-refractivity contribution in [3.8, 4) is 51.5 Å². The topological polar surface area (TPSA) is 87.8 Å². The lowest BCUT2D eigenvalue weighted by atomic mass is 9.99. The first-order chi connectivity index (χ1) is 24.2. The molecule has 4 aromatic heterocycles. The highest BCUT2D eigenvalue weighted by Gasteiger charge is 2.22. The second-order valence-electron chi connectivity index (χ2n) is 11.6. The van der Waals surface area contributed by atoms with Crippen LogP contribution in [0.3, 0.4) is 0 Å². The van der Waals surface area contributed by atoms with Crippen molar-refractivity contribution < 1.29 is 9.47 Å². The summed E-state index contributed by atoms with van der Waals surface area (Å²) in [6.45, 7) is 4.34. The number of aromatic nitrogens is 6. The van der Waals surface area contributed by atoms with Crippen LogP contribution >= 0.6 is 0 Å². The van der Waals surface area contributed by atoms with Gasteiger partial charge in [0.1, 0.15) is 35.7 Å². The standard InChI is InChI=1S/C41H32N6O2/c1-3-27-19-33(48-31-13-9-11-29(21-31)35-15-5-7-17-43-35)23-37-39(27)40-28(4-2)20-34(24-38(40)47(37)41-45-25-42-26-46-41)49-32-14-10-12-30(22-32)36-16-6-8-18-44-36/h5-26H,3-4H2,1-2H3. The molecule has 49 heavy (non-hydrogen) atoms. The van der Waals surface area contributed by atoms with Crippen LogP contribution in [0, 0.1) is 0 Å². The third kappa shape index (κ3) is 5.85. The SMILES string of the molecule is CCc1cc(Oc2cccc(-c3ccccn3)c2)cc2c1c1c(CC)cc(Oc3cccc(-c4ccccn4)c3)cc1n2-c1ncncn1. The lowest BCUT2D eigenvalue weighted by molar-refractivity contribution is 0.483. The molecule has 0 spiro atoms. The molecule has 0 unspecified atom stereocenters. The first-order valence-electron chi connectivity index (χ1n) is 16.3. The van der Waals surface area contributed by atoms with Crippen LogP contribution in [0.15, 0.2) is 134 Å². The van der Waals surface area contributed by atoms with E-state index in [0.717, 1.165) is 91.3 Å². The van der Waals surface area contributed by atoms with Gasteiger partial charge in [-0.3, -0.25) is 14.5 Å². The van der Waals surface area contributed by atoms with Crippen molar-refractivity contribution in [1.29, 1.82) is 0 Å². The zero-order valence-electron chi connectivity index (χ0n) is 27.1. The molecule has 4 aromatic carbocycles. The summed E-state index contributed by atoms with van der Waals surface area (Å²) in [5.41, 5.74) is 7.97. The Morgan fingerprint density at radius 3 is 1.47 bits per heavy atom. The van der Waals surface area contributed by atoms with Crippen molar-refractivity contribution >= 4 is 21.8 Å². The van der Waals surface area contributed by atoms with Crippen LogP contribution < -0.4 is 9.47 Å². The predicted octanol–water partition coefficient (Wildman–Crippen LogP) is 9.80. The summed E-state index contributed by atoms with van der Waals surface area (Å²) in [7, 11) is 0. The van der Waals surface area contributed by atoms with Crippen LogP contribution in [0.25, 0.3) is 50.3 Å². The summed E-state index contributed by atoms with van der Waals surface area (Å²) in [4.78, 5) is 22.3. The Kier molecular flexibility index (Phi) is 7.95. The number of nitrogens with zero attached hydrogens (tertiary/aromatic N) is 6. The zero-order chi connectivity index (χ0) is 33.2. The fourth-order valence-corrected chi connectivity index (χ4v) is 6.39. The molecule has 0 atom stereocenters. The molecule has 0 aliphatic heterocycles. The molecular formula is C41H32N6O2. The van der Waals surface area contributed by atoms with E-state index in [2.05, 4.69) is 67.6 Å². The summed E-state index contributed by atoms with van der Waals surface area (Å²) in [6, 6.07) is 36.2. The maximum absolute atomic E-state index is 6.56. The van der Waals surface area contributed by atoms with Crippen LogP contribution in [0.1, 0.15) is 25.0 Å². The second-order valence-corrected chi connectivity index (χ2v) is 11.6. The number of ether oxygens (including phenoxy) is 2. The third-order valence-corrected chi connectivity index (χ3v) is 8.58. The molecular weight excluding hydrogens is 608 g/mol. The Hall–Kier alpha value is -6.41. The van der Waals surface area contributed by atoms with Gasteiger partial charge in [0, 0.05) is 46.4 Å². The van der Waals surface area contributed by atoms with Crippen molar-refractivity contribution in [2.24, 2.45) is 0 Å². The lowest BCUT2D eigenvalue weighted by Crippen LogP contribution is -2.01. The Balaban J connectivity index is 1.28. The Bertz CT molecular complexity index is 2260. The van der Waals surface area contributed by atoms with Crippen LogP contribution in [-0.4, -0.2) is 29.5 Å². The molecule has 0 fully saturated rings. The molecule has 0 saturated carbocycles. The molecule has 4 heterocycles. The molecule has 0 radical (unpaired) electrons. The Labute approximate surface area is 283 Å². The average molecular weight is 641 g/mol. The van der Waals surface area contributed by atoms with E-state index >= 15 is 0 Å². The van der Waals surface area contributed by atoms with E-state index in [0.29, 0.717) is 5.95 Å². The number of rotatable bonds is 9. The van der Waals surface area contributed by atoms with E-state index in [1.165, 1.54) is 12.7 Å². The van der Waals surface area contributed by atoms with E-state index in [9.17, 15) is 0 Å². The number of hydrogen-bond acceptors (Lipinski definition) is 7. The number of hydrogen-bond donors (Lipinski definition) is 0. The molecule has 238 valence electrons. The van der Waals surface area contributed by atoms with Gasteiger partial charge in [-0.25, -0.2) is 15.0 Å². The molecule has 0 N–H and O–H groups in total. The molecule has 8 nitrogen and oxygen atoms in total. The van der Waals surface area contributed by atoms with Gasteiger partial charge in [-0.15, -0.1) is 0 Å². The van der Waals surface area contributed by atoms with E-state index in [1.807, 2.05) is 84.9 Å². The van der Waals surface area contributed by atoms with Gasteiger partial charge in [0.15, 0.2) is 0 Å². The van der Waals surface area contributed by atoms with Gasteiger partial charge in [-0.2, -0.15) is 0 Å². The summed E-state index contributed by atoms with van der Waals surface area (Å²) in [6.07, 6.45) is 8.25. The Morgan fingerprint density at radius 1 is 0.510 bits per heavy atom. The summed E-state index contributed by atoms with van der Waals surface area (Å²) in [5.74, 6) is 3.42. The van der Waals surface area contributed by atoms with Crippen LogP contribution in [0.4, 0.5) is 0 Å². The average Bonchev–Trinajstić information content (AvgIpc) is 3.49. The number of benzene rings is 4. The van der Waals surface area contributed by atoms with Crippen molar-refractivity contribution in [3.05, 3.63) is 145 Å². The van der Waals surface area contributed by atoms with Gasteiger partial charge in [0.05, 0.1) is 22.4 Å². The Morgan fingerprint density at radius 2 is 1.02 bits per heavy atom. The van der Waals surface area contributed by atoms with Crippen molar-refractivity contribution in [2.75, 3.05) is 0 Å². The highest BCUT2D eigenvalue weighted by molar-refractivity contribution is 6.13. The largest absolute Gasteiger partial charge is 0.457 e. The minimum absolute atomic E-state index is 0.516. The van der Waals surface area contributed by atoms with Crippen LogP contribution in [0.2, 0.25) is 0 Å². The summed E-state index contributed by atoms with van der Waals surface area (Å²) in [5, 5.41) is 2.29. The number of pyridine rings is 2. The van der Waals surface area contributed by atoms with Gasteiger partial charge < -0.3 is 9.47 Å². The van der Waals surface area contributed by atoms with Crippen molar-refractivity contribution in [1.82, 2.24) is 29.5 Å². The monoisotopic (exact) mass is 640 g/mol. The smallest absolute Gasteiger partial charge is 0.237 e. The van der Waals surface area contributed by atoms with Crippen molar-refractivity contribution in [3.63, 3.8) is 0 Å². The summed E-state index contributed by atoms with van der Waals surface area (Å²) >= 11 is 0. The first kappa shape index (κ1) is 30.0. The van der Waals surface area contributed by atoms with Gasteiger partial charge in [0.2, 0.25) is 5.95 Å². The van der Waals surface area contributed by atoms with Gasteiger partial charge in [0.25, 0.3) is 0 Å². The molecule has 0 aliphatic rings. The van der Waals surface area contributed by atoms with Gasteiger partial charge >= 0.3 is 0 Å². The maximum atomic E-state index is 6.56. The number of fused-ring (bicyclic) bond motifs is 3. The number of aryl methyl sites for hydroxylation is 2. The van der Waals surface area contributed by atoms with E-state index in [1.54, 1.807) is 12.4 Å². The predicted molar refractivity (Wildman–Crippen MR) is 192 cm³/mol. The fraction of sp³-hybridized carbons (Fsp3) is 0.0976.